The van der Waals surface area contributed by atoms with E-state index in [1.54, 1.807) is 0 Å². The Morgan fingerprint density at radius 1 is 1.22 bits per heavy atom. The lowest BCUT2D eigenvalue weighted by Crippen LogP contribution is -2.17. The zero-order chi connectivity index (χ0) is 19.1. The van der Waals surface area contributed by atoms with E-state index in [9.17, 15) is 4.79 Å². The van der Waals surface area contributed by atoms with Gasteiger partial charge in [-0.1, -0.05) is 39.0 Å². The summed E-state index contributed by atoms with van der Waals surface area (Å²) in [5.41, 5.74) is 5.41. The van der Waals surface area contributed by atoms with E-state index in [-0.39, 0.29) is 18.3 Å². The first-order chi connectivity index (χ1) is 12.4. The second-order valence-electron chi connectivity index (χ2n) is 7.21. The number of rotatable bonds is 9. The minimum absolute atomic E-state index is 0. The predicted octanol–water partition coefficient (Wildman–Crippen LogP) is 4.26. The van der Waals surface area contributed by atoms with Crippen LogP contribution in [0.4, 0.5) is 5.69 Å². The highest BCUT2D eigenvalue weighted by Gasteiger charge is 2.14. The number of benzene rings is 1. The first-order valence-corrected chi connectivity index (χ1v) is 9.53. The van der Waals surface area contributed by atoms with Crippen molar-refractivity contribution in [2.75, 3.05) is 11.9 Å². The molecule has 2 rings (SSSR count). The van der Waals surface area contributed by atoms with Gasteiger partial charge in [-0.2, -0.15) is 5.10 Å². The third-order valence-electron chi connectivity index (χ3n) is 4.53. The minimum atomic E-state index is 0. The zero-order valence-corrected chi connectivity index (χ0v) is 17.9. The maximum Gasteiger partial charge on any atom is 0.224 e. The van der Waals surface area contributed by atoms with Crippen molar-refractivity contribution in [3.05, 3.63) is 46.8 Å². The summed E-state index contributed by atoms with van der Waals surface area (Å²) in [4.78, 5) is 12.5. The van der Waals surface area contributed by atoms with Crippen LogP contribution in [0.15, 0.2) is 24.3 Å². The van der Waals surface area contributed by atoms with Crippen molar-refractivity contribution in [2.24, 2.45) is 5.92 Å². The van der Waals surface area contributed by atoms with Crippen LogP contribution in [0.1, 0.15) is 49.7 Å². The quantitative estimate of drug-likeness (QED) is 0.670. The molecule has 0 radical (unpaired) electrons. The predicted molar refractivity (Wildman–Crippen MR) is 115 cm³/mol. The van der Waals surface area contributed by atoms with Gasteiger partial charge < -0.3 is 10.6 Å². The Morgan fingerprint density at radius 2 is 1.93 bits per heavy atom. The second kappa shape index (κ2) is 11.1. The number of nitrogens with zero attached hydrogens (tertiary/aromatic N) is 2. The lowest BCUT2D eigenvalue weighted by Gasteiger charge is -2.11. The molecule has 1 amide bonds. The van der Waals surface area contributed by atoms with Crippen LogP contribution in [0.5, 0.6) is 0 Å². The topological polar surface area (TPSA) is 58.9 Å². The van der Waals surface area contributed by atoms with Crippen molar-refractivity contribution in [1.82, 2.24) is 15.1 Å². The number of nitrogens with one attached hydrogen (secondary N) is 2. The van der Waals surface area contributed by atoms with E-state index in [0.717, 1.165) is 43.0 Å². The summed E-state index contributed by atoms with van der Waals surface area (Å²) in [5.74, 6) is 0.599. The summed E-state index contributed by atoms with van der Waals surface area (Å²) >= 11 is 0. The van der Waals surface area contributed by atoms with Crippen molar-refractivity contribution in [2.45, 2.75) is 60.5 Å². The van der Waals surface area contributed by atoms with Crippen molar-refractivity contribution in [3.8, 4) is 0 Å². The van der Waals surface area contributed by atoms with Crippen LogP contribution >= 0.6 is 12.4 Å². The molecule has 150 valence electrons. The number of aromatic nitrogens is 2. The number of aryl methyl sites for hydroxylation is 1. The summed E-state index contributed by atoms with van der Waals surface area (Å²) in [6.07, 6.45) is 1.18. The molecule has 0 fully saturated rings. The van der Waals surface area contributed by atoms with Gasteiger partial charge in [0.05, 0.1) is 5.69 Å². The smallest absolute Gasteiger partial charge is 0.224 e. The molecule has 0 bridgehead atoms. The van der Waals surface area contributed by atoms with E-state index >= 15 is 0 Å². The van der Waals surface area contributed by atoms with Gasteiger partial charge in [-0.25, -0.2) is 0 Å². The van der Waals surface area contributed by atoms with Gasteiger partial charge in [-0.05, 0) is 49.9 Å². The summed E-state index contributed by atoms with van der Waals surface area (Å²) < 4.78 is 2.07. The molecular formula is C21H33ClN4O. The standard InChI is InChI=1S/C21H32N4O.ClH/c1-6-22-13-18-9-7-8-10-20(18)23-21(26)12-11-19-16(4)24-25(17(19)5)14-15(2)3;/h7-10,15,22H,6,11-14H2,1-5H3,(H,23,26);1H. The second-order valence-corrected chi connectivity index (χ2v) is 7.21. The molecule has 5 nitrogen and oxygen atoms in total. The van der Waals surface area contributed by atoms with Crippen molar-refractivity contribution in [1.29, 1.82) is 0 Å². The fraction of sp³-hybridized carbons (Fsp3) is 0.524. The SMILES string of the molecule is CCNCc1ccccc1NC(=O)CCc1c(C)nn(CC(C)C)c1C.Cl. The Morgan fingerprint density at radius 3 is 2.59 bits per heavy atom. The molecule has 0 saturated carbocycles. The molecule has 1 aromatic heterocycles. The molecule has 6 heteroatoms. The first-order valence-electron chi connectivity index (χ1n) is 9.53. The van der Waals surface area contributed by atoms with E-state index in [1.165, 1.54) is 11.3 Å². The highest BCUT2D eigenvalue weighted by Crippen LogP contribution is 2.18. The zero-order valence-electron chi connectivity index (χ0n) is 17.1. The number of carbonyl (C=O) groups excluding carboxylic acids is 1. The molecule has 2 aromatic rings. The number of anilines is 1. The molecule has 2 N–H and O–H groups in total. The fourth-order valence-corrected chi connectivity index (χ4v) is 3.13. The Balaban J connectivity index is 0.00000364. The Labute approximate surface area is 169 Å². The molecule has 27 heavy (non-hydrogen) atoms. The molecule has 0 atom stereocenters. The van der Waals surface area contributed by atoms with Gasteiger partial charge in [0.1, 0.15) is 0 Å². The lowest BCUT2D eigenvalue weighted by molar-refractivity contribution is -0.116. The van der Waals surface area contributed by atoms with Crippen molar-refractivity contribution >= 4 is 24.0 Å². The van der Waals surface area contributed by atoms with E-state index < -0.39 is 0 Å². The number of hydrogen-bond donors (Lipinski definition) is 2. The largest absolute Gasteiger partial charge is 0.326 e. The summed E-state index contributed by atoms with van der Waals surface area (Å²) in [6, 6.07) is 7.96. The molecular weight excluding hydrogens is 360 g/mol. The summed E-state index contributed by atoms with van der Waals surface area (Å²) in [5, 5.41) is 11.0. The highest BCUT2D eigenvalue weighted by molar-refractivity contribution is 5.91. The van der Waals surface area contributed by atoms with E-state index in [4.69, 9.17) is 0 Å². The van der Waals surface area contributed by atoms with Crippen molar-refractivity contribution in [3.63, 3.8) is 0 Å². The van der Waals surface area contributed by atoms with Gasteiger partial charge >= 0.3 is 0 Å². The number of carbonyl (C=O) groups is 1. The maximum atomic E-state index is 12.5. The van der Waals surface area contributed by atoms with Crippen LogP contribution in [-0.2, 0) is 24.3 Å². The van der Waals surface area contributed by atoms with Crippen LogP contribution in [0.25, 0.3) is 0 Å². The van der Waals surface area contributed by atoms with Gasteiger partial charge in [0.2, 0.25) is 5.91 Å². The Kier molecular flexibility index (Phi) is 9.53. The average molecular weight is 393 g/mol. The van der Waals surface area contributed by atoms with Gasteiger partial charge in [0.25, 0.3) is 0 Å². The minimum Gasteiger partial charge on any atom is -0.326 e. The molecule has 0 aliphatic rings. The molecule has 0 aliphatic heterocycles. The van der Waals surface area contributed by atoms with Crippen LogP contribution in [0, 0.1) is 19.8 Å². The van der Waals surface area contributed by atoms with Crippen LogP contribution in [0.2, 0.25) is 0 Å². The van der Waals surface area contributed by atoms with Gasteiger partial charge in [0, 0.05) is 30.9 Å². The van der Waals surface area contributed by atoms with E-state index in [2.05, 4.69) is 48.1 Å². The number of amides is 1. The highest BCUT2D eigenvalue weighted by atomic mass is 35.5. The molecule has 0 aliphatic carbocycles. The van der Waals surface area contributed by atoms with Crippen LogP contribution in [-0.4, -0.2) is 22.2 Å². The maximum absolute atomic E-state index is 12.5. The number of para-hydroxylation sites is 1. The average Bonchev–Trinajstić information content (AvgIpc) is 2.85. The summed E-state index contributed by atoms with van der Waals surface area (Å²) in [7, 11) is 0. The Bertz CT molecular complexity index is 740. The number of hydrogen-bond acceptors (Lipinski definition) is 3. The monoisotopic (exact) mass is 392 g/mol. The lowest BCUT2D eigenvalue weighted by atomic mass is 10.1. The fourth-order valence-electron chi connectivity index (χ4n) is 3.13. The number of halogens is 1. The first kappa shape index (κ1) is 23.2. The van der Waals surface area contributed by atoms with E-state index in [0.29, 0.717) is 12.3 Å². The van der Waals surface area contributed by atoms with Gasteiger partial charge in [0.15, 0.2) is 0 Å². The Hall–Kier alpha value is -1.85. The molecule has 0 spiro atoms. The van der Waals surface area contributed by atoms with Crippen molar-refractivity contribution < 1.29 is 4.79 Å². The van der Waals surface area contributed by atoms with Crippen LogP contribution < -0.4 is 10.6 Å². The third kappa shape index (κ3) is 6.67. The third-order valence-corrected chi connectivity index (χ3v) is 4.53. The molecule has 0 saturated heterocycles. The molecule has 1 heterocycles. The van der Waals surface area contributed by atoms with Gasteiger partial charge in [-0.15, -0.1) is 12.4 Å². The normalized spacial score (nSPS) is 10.7. The van der Waals surface area contributed by atoms with E-state index in [1.807, 2.05) is 31.2 Å². The van der Waals surface area contributed by atoms with Gasteiger partial charge in [-0.3, -0.25) is 9.48 Å². The molecule has 0 unspecified atom stereocenters. The van der Waals surface area contributed by atoms with Crippen LogP contribution in [0.3, 0.4) is 0 Å². The molecule has 1 aromatic carbocycles. The summed E-state index contributed by atoms with van der Waals surface area (Å²) in [6.45, 7) is 13.2.